The van der Waals surface area contributed by atoms with Crippen LogP contribution in [0.4, 0.5) is 10.6 Å². The fraction of sp³-hybridized carbons (Fsp3) is 0.550. The van der Waals surface area contributed by atoms with Gasteiger partial charge in [-0.3, -0.25) is 0 Å². The Balaban J connectivity index is 1.93. The molecule has 0 aromatic carbocycles. The highest BCUT2D eigenvalue weighted by Crippen LogP contribution is 2.39. The second kappa shape index (κ2) is 7.59. The first-order valence-corrected chi connectivity index (χ1v) is 9.89. The van der Waals surface area contributed by atoms with E-state index in [1.165, 1.54) is 6.33 Å². The number of nitrogens with two attached hydrogens (primary N) is 1. The van der Waals surface area contributed by atoms with E-state index in [-0.39, 0.29) is 6.54 Å². The standard InChI is InChI=1S/C20H30BN5O4/c1-18(2,3)28-17(27)24-10-13(21-29-19(4,5)20(6,7)30-21)8-12-9-23-16-14(12)15(22)25-11-26-16/h8-9,11H,10H2,1-7H3,(H,24,27)(H3,22,23,25,26). The molecule has 0 unspecified atom stereocenters. The number of ether oxygens (including phenoxy) is 1. The third-order valence-electron chi connectivity index (χ3n) is 5.26. The smallest absolute Gasteiger partial charge is 0.444 e. The second-order valence-electron chi connectivity index (χ2n) is 9.39. The van der Waals surface area contributed by atoms with Crippen LogP contribution < -0.4 is 11.1 Å². The Morgan fingerprint density at radius 3 is 2.50 bits per heavy atom. The van der Waals surface area contributed by atoms with Crippen molar-refractivity contribution in [2.75, 3.05) is 12.3 Å². The zero-order chi connectivity index (χ0) is 22.3. The molecule has 162 valence electrons. The molecule has 10 heteroatoms. The van der Waals surface area contributed by atoms with Crippen molar-refractivity contribution >= 4 is 36.1 Å². The average Bonchev–Trinajstić information content (AvgIpc) is 3.08. The van der Waals surface area contributed by atoms with Gasteiger partial charge < -0.3 is 30.1 Å². The Kier molecular flexibility index (Phi) is 5.59. The fourth-order valence-electron chi connectivity index (χ4n) is 3.01. The Hall–Kier alpha value is -2.59. The van der Waals surface area contributed by atoms with Gasteiger partial charge in [-0.25, -0.2) is 14.8 Å². The molecule has 3 heterocycles. The SMILES string of the molecule is CC(C)(C)OC(=O)NCC(=Cc1c[nH]c2ncnc(N)c12)B1OC(C)(C)C(C)(C)O1. The molecule has 0 bridgehead atoms. The van der Waals surface area contributed by atoms with Gasteiger partial charge in [0.1, 0.15) is 23.4 Å². The highest BCUT2D eigenvalue weighted by atomic mass is 16.7. The number of nitrogen functional groups attached to an aromatic ring is 1. The molecule has 1 aliphatic heterocycles. The van der Waals surface area contributed by atoms with E-state index >= 15 is 0 Å². The van der Waals surface area contributed by atoms with Crippen molar-refractivity contribution in [1.29, 1.82) is 0 Å². The highest BCUT2D eigenvalue weighted by Gasteiger charge is 2.52. The highest BCUT2D eigenvalue weighted by molar-refractivity contribution is 6.56. The maximum Gasteiger partial charge on any atom is 0.492 e. The summed E-state index contributed by atoms with van der Waals surface area (Å²) in [6.07, 6.45) is 4.54. The number of hydrogen-bond donors (Lipinski definition) is 3. The second-order valence-corrected chi connectivity index (χ2v) is 9.39. The number of aromatic nitrogens is 3. The molecule has 1 saturated heterocycles. The van der Waals surface area contributed by atoms with Gasteiger partial charge in [0.2, 0.25) is 0 Å². The number of nitrogens with zero attached hydrogens (tertiary/aromatic N) is 2. The molecular formula is C20H30BN5O4. The van der Waals surface area contributed by atoms with Gasteiger partial charge in [0.15, 0.2) is 0 Å². The number of carbonyl (C=O) groups is 1. The van der Waals surface area contributed by atoms with Crippen molar-refractivity contribution in [3.05, 3.63) is 23.6 Å². The number of H-pyrrole nitrogens is 1. The molecule has 0 saturated carbocycles. The molecule has 2 aromatic rings. The Bertz CT molecular complexity index is 961. The van der Waals surface area contributed by atoms with Crippen molar-refractivity contribution in [2.24, 2.45) is 0 Å². The molecule has 0 aliphatic carbocycles. The molecule has 9 nitrogen and oxygen atoms in total. The molecule has 2 aromatic heterocycles. The summed E-state index contributed by atoms with van der Waals surface area (Å²) in [5.41, 5.74) is 6.53. The number of carbonyl (C=O) groups excluding carboxylic acids is 1. The van der Waals surface area contributed by atoms with Crippen LogP contribution in [0.3, 0.4) is 0 Å². The maximum atomic E-state index is 12.2. The molecular weight excluding hydrogens is 385 g/mol. The van der Waals surface area contributed by atoms with Crippen molar-refractivity contribution in [2.45, 2.75) is 65.3 Å². The van der Waals surface area contributed by atoms with Gasteiger partial charge in [0, 0.05) is 18.3 Å². The predicted octanol–water partition coefficient (Wildman–Crippen LogP) is 3.08. The largest absolute Gasteiger partial charge is 0.492 e. The van der Waals surface area contributed by atoms with E-state index in [1.54, 1.807) is 6.20 Å². The van der Waals surface area contributed by atoms with E-state index in [0.717, 1.165) is 5.56 Å². The Morgan fingerprint density at radius 1 is 1.27 bits per heavy atom. The van der Waals surface area contributed by atoms with Gasteiger partial charge in [-0.05, 0) is 53.9 Å². The first kappa shape index (κ1) is 22.1. The molecule has 1 fully saturated rings. The minimum Gasteiger partial charge on any atom is -0.444 e. The fourth-order valence-corrected chi connectivity index (χ4v) is 3.01. The number of rotatable bonds is 4. The van der Waals surface area contributed by atoms with Gasteiger partial charge in [0.25, 0.3) is 0 Å². The molecule has 0 radical (unpaired) electrons. The van der Waals surface area contributed by atoms with E-state index in [4.69, 9.17) is 19.8 Å². The lowest BCUT2D eigenvalue weighted by atomic mass is 9.77. The minimum absolute atomic E-state index is 0.173. The van der Waals surface area contributed by atoms with Crippen LogP contribution in [0, 0.1) is 0 Å². The van der Waals surface area contributed by atoms with E-state index in [2.05, 4.69) is 20.3 Å². The maximum absolute atomic E-state index is 12.2. The van der Waals surface area contributed by atoms with Crippen molar-refractivity contribution < 1.29 is 18.8 Å². The predicted molar refractivity (Wildman–Crippen MR) is 117 cm³/mol. The Morgan fingerprint density at radius 2 is 1.90 bits per heavy atom. The van der Waals surface area contributed by atoms with Crippen molar-refractivity contribution in [3.63, 3.8) is 0 Å². The van der Waals surface area contributed by atoms with Gasteiger partial charge in [-0.1, -0.05) is 6.08 Å². The zero-order valence-electron chi connectivity index (χ0n) is 18.6. The normalized spacial score (nSPS) is 18.6. The zero-order valence-corrected chi connectivity index (χ0v) is 18.6. The lowest BCUT2D eigenvalue weighted by Crippen LogP contribution is -2.41. The summed E-state index contributed by atoms with van der Waals surface area (Å²) in [7, 11) is -0.652. The Labute approximate surface area is 176 Å². The number of hydrogen-bond acceptors (Lipinski definition) is 7. The summed E-state index contributed by atoms with van der Waals surface area (Å²) in [4.78, 5) is 23.6. The van der Waals surface area contributed by atoms with Crippen LogP contribution in [0.5, 0.6) is 0 Å². The van der Waals surface area contributed by atoms with Crippen molar-refractivity contribution in [3.8, 4) is 0 Å². The third-order valence-corrected chi connectivity index (χ3v) is 5.26. The molecule has 30 heavy (non-hydrogen) atoms. The summed E-state index contributed by atoms with van der Waals surface area (Å²) in [6, 6.07) is 0. The van der Waals surface area contributed by atoms with Gasteiger partial charge in [-0.2, -0.15) is 0 Å². The van der Waals surface area contributed by atoms with E-state index in [0.29, 0.717) is 22.3 Å². The van der Waals surface area contributed by atoms with Gasteiger partial charge in [-0.15, -0.1) is 0 Å². The monoisotopic (exact) mass is 415 g/mol. The lowest BCUT2D eigenvalue weighted by Gasteiger charge is -2.32. The van der Waals surface area contributed by atoms with Crippen LogP contribution in [0.1, 0.15) is 54.0 Å². The number of amides is 1. The number of nitrogens with one attached hydrogen (secondary N) is 2. The minimum atomic E-state index is -0.652. The van der Waals surface area contributed by atoms with E-state index in [9.17, 15) is 4.79 Å². The number of fused-ring (bicyclic) bond motifs is 1. The summed E-state index contributed by atoms with van der Waals surface area (Å²) in [6.45, 7) is 13.5. The van der Waals surface area contributed by atoms with Crippen molar-refractivity contribution in [1.82, 2.24) is 20.3 Å². The number of aromatic amines is 1. The quantitative estimate of drug-likeness (QED) is 0.656. The number of alkyl carbamates (subject to hydrolysis) is 1. The molecule has 0 spiro atoms. The summed E-state index contributed by atoms with van der Waals surface area (Å²) < 4.78 is 17.7. The van der Waals surface area contributed by atoms with E-state index in [1.807, 2.05) is 54.5 Å². The molecule has 0 atom stereocenters. The van der Waals surface area contributed by atoms with Crippen LogP contribution in [0.15, 0.2) is 18.0 Å². The van der Waals surface area contributed by atoms with Crippen LogP contribution in [-0.4, -0.2) is 51.5 Å². The van der Waals surface area contributed by atoms with Crippen LogP contribution in [0.2, 0.25) is 0 Å². The van der Waals surface area contributed by atoms with Crippen LogP contribution in [0.25, 0.3) is 17.1 Å². The first-order chi connectivity index (χ1) is 13.8. The first-order valence-electron chi connectivity index (χ1n) is 9.89. The van der Waals surface area contributed by atoms with Crippen LogP contribution >= 0.6 is 0 Å². The molecule has 1 aliphatic rings. The summed E-state index contributed by atoms with van der Waals surface area (Å²) in [5, 5.41) is 3.48. The van der Waals surface area contributed by atoms with Gasteiger partial charge >= 0.3 is 13.2 Å². The molecule has 1 amide bonds. The lowest BCUT2D eigenvalue weighted by molar-refractivity contribution is 0.00578. The average molecular weight is 415 g/mol. The third kappa shape index (κ3) is 4.60. The van der Waals surface area contributed by atoms with Gasteiger partial charge in [0.05, 0.1) is 16.6 Å². The van der Waals surface area contributed by atoms with E-state index < -0.39 is 30.0 Å². The molecule has 4 N–H and O–H groups in total. The summed E-state index contributed by atoms with van der Waals surface area (Å²) in [5.74, 6) is 0.362. The number of anilines is 1. The van der Waals surface area contributed by atoms with Crippen LogP contribution in [-0.2, 0) is 14.0 Å². The molecule has 3 rings (SSSR count). The summed E-state index contributed by atoms with van der Waals surface area (Å²) >= 11 is 0. The topological polar surface area (TPSA) is 124 Å².